The third-order valence-corrected chi connectivity index (χ3v) is 2.33. The van der Waals surface area contributed by atoms with Crippen molar-refractivity contribution in [3.05, 3.63) is 0 Å². The van der Waals surface area contributed by atoms with Crippen LogP contribution in [0.4, 0.5) is 4.79 Å². The smallest absolute Gasteiger partial charge is 0.407 e. The van der Waals surface area contributed by atoms with Crippen LogP contribution in [0.3, 0.4) is 0 Å². The number of amides is 1. The summed E-state index contributed by atoms with van der Waals surface area (Å²) in [5.74, 6) is 0.701. The number of carbonyl (C=O) groups excluding carboxylic acids is 1. The Balaban J connectivity index is 4.29. The molecule has 0 aromatic rings. The van der Waals surface area contributed by atoms with Crippen LogP contribution in [0.1, 0.15) is 40.5 Å². The highest BCUT2D eigenvalue weighted by Crippen LogP contribution is 2.07. The Morgan fingerprint density at radius 1 is 1.37 bits per heavy atom. The topological polar surface area (TPSA) is 74.8 Å². The number of rotatable bonds is 5. The monoisotopic (exact) mass is 272 g/mol. The molecule has 1 unspecified atom stereocenters. The summed E-state index contributed by atoms with van der Waals surface area (Å²) in [6.07, 6.45) is 1.49. The van der Waals surface area contributed by atoms with Crippen molar-refractivity contribution in [1.82, 2.24) is 16.0 Å². The van der Waals surface area contributed by atoms with Crippen LogP contribution < -0.4 is 16.0 Å². The van der Waals surface area contributed by atoms with Crippen molar-refractivity contribution in [2.75, 3.05) is 20.6 Å². The van der Waals surface area contributed by atoms with Gasteiger partial charge in [-0.3, -0.25) is 4.99 Å². The Morgan fingerprint density at radius 2 is 2.00 bits per heavy atom. The molecule has 1 amide bonds. The number of aliphatic imine (C=N–C) groups is 1. The summed E-state index contributed by atoms with van der Waals surface area (Å²) in [5.41, 5.74) is -0.477. The molecule has 0 fully saturated rings. The molecule has 6 heteroatoms. The van der Waals surface area contributed by atoms with Crippen molar-refractivity contribution in [1.29, 1.82) is 0 Å². The van der Waals surface area contributed by atoms with E-state index in [9.17, 15) is 4.79 Å². The van der Waals surface area contributed by atoms with E-state index in [1.165, 1.54) is 0 Å². The van der Waals surface area contributed by atoms with Crippen LogP contribution in [0.2, 0.25) is 0 Å². The number of hydrogen-bond acceptors (Lipinski definition) is 3. The molecule has 19 heavy (non-hydrogen) atoms. The number of carbonyl (C=O) groups is 1. The maximum absolute atomic E-state index is 11.7. The van der Waals surface area contributed by atoms with Crippen molar-refractivity contribution in [2.45, 2.75) is 52.2 Å². The lowest BCUT2D eigenvalue weighted by atomic mass is 10.1. The van der Waals surface area contributed by atoms with Gasteiger partial charge in [0.2, 0.25) is 0 Å². The summed E-state index contributed by atoms with van der Waals surface area (Å²) in [6.45, 7) is 8.24. The molecule has 0 aromatic heterocycles. The highest BCUT2D eigenvalue weighted by molar-refractivity contribution is 5.79. The second-order valence-corrected chi connectivity index (χ2v) is 5.33. The molecule has 0 bridgehead atoms. The van der Waals surface area contributed by atoms with E-state index < -0.39 is 5.60 Å². The molecule has 0 aliphatic heterocycles. The molecule has 1 atom stereocenters. The quantitative estimate of drug-likeness (QED) is 0.523. The number of nitrogens with zero attached hydrogens (tertiary/aromatic N) is 1. The average Bonchev–Trinajstić information content (AvgIpc) is 2.27. The van der Waals surface area contributed by atoms with E-state index in [4.69, 9.17) is 4.74 Å². The van der Waals surface area contributed by atoms with Gasteiger partial charge < -0.3 is 20.7 Å². The number of guanidine groups is 1. The molecule has 0 aliphatic rings. The van der Waals surface area contributed by atoms with Crippen molar-refractivity contribution in [3.63, 3.8) is 0 Å². The predicted molar refractivity (Wildman–Crippen MR) is 78.5 cm³/mol. The van der Waals surface area contributed by atoms with Gasteiger partial charge in [-0.05, 0) is 27.2 Å². The van der Waals surface area contributed by atoms with Crippen LogP contribution in [-0.4, -0.2) is 44.3 Å². The molecular weight excluding hydrogens is 244 g/mol. The summed E-state index contributed by atoms with van der Waals surface area (Å²) in [4.78, 5) is 15.7. The van der Waals surface area contributed by atoms with Gasteiger partial charge >= 0.3 is 6.09 Å². The fourth-order valence-corrected chi connectivity index (χ4v) is 1.55. The van der Waals surface area contributed by atoms with E-state index in [1.54, 1.807) is 14.1 Å². The summed E-state index contributed by atoms with van der Waals surface area (Å²) in [7, 11) is 3.50. The minimum atomic E-state index is -0.477. The van der Waals surface area contributed by atoms with Gasteiger partial charge in [0.1, 0.15) is 5.60 Å². The normalized spacial score (nSPS) is 13.7. The third-order valence-electron chi connectivity index (χ3n) is 2.33. The van der Waals surface area contributed by atoms with Gasteiger partial charge in [0.05, 0.1) is 0 Å². The van der Waals surface area contributed by atoms with Gasteiger partial charge in [0.15, 0.2) is 5.96 Å². The van der Waals surface area contributed by atoms with E-state index in [1.807, 2.05) is 20.8 Å². The standard InChI is InChI=1S/C13H28N4O2/c1-7-8-10(9-16-11(14-5)15-6)17-12(18)19-13(2,3)4/h10H,7-9H2,1-6H3,(H,17,18)(H2,14,15,16). The zero-order chi connectivity index (χ0) is 14.9. The molecule has 112 valence electrons. The first-order valence-electron chi connectivity index (χ1n) is 6.70. The zero-order valence-electron chi connectivity index (χ0n) is 13.0. The minimum Gasteiger partial charge on any atom is -0.444 e. The molecule has 6 nitrogen and oxygen atoms in total. The number of alkyl carbamates (subject to hydrolysis) is 1. The van der Waals surface area contributed by atoms with E-state index in [0.717, 1.165) is 12.8 Å². The third kappa shape index (κ3) is 9.16. The Labute approximate surface area is 116 Å². The second-order valence-electron chi connectivity index (χ2n) is 5.33. The van der Waals surface area contributed by atoms with Crippen molar-refractivity contribution in [3.8, 4) is 0 Å². The Kier molecular flexibility index (Phi) is 7.95. The average molecular weight is 272 g/mol. The zero-order valence-corrected chi connectivity index (χ0v) is 13.0. The van der Waals surface area contributed by atoms with Gasteiger partial charge in [-0.1, -0.05) is 13.3 Å². The largest absolute Gasteiger partial charge is 0.444 e. The number of hydrogen-bond donors (Lipinski definition) is 3. The molecule has 0 heterocycles. The van der Waals surface area contributed by atoms with E-state index in [2.05, 4.69) is 27.9 Å². The van der Waals surface area contributed by atoms with Crippen LogP contribution >= 0.6 is 0 Å². The SMILES string of the molecule is CCCC(CNC(=NC)NC)NC(=O)OC(C)(C)C. The van der Waals surface area contributed by atoms with Gasteiger partial charge in [-0.2, -0.15) is 0 Å². The number of nitrogens with one attached hydrogen (secondary N) is 3. The van der Waals surface area contributed by atoms with Crippen LogP contribution in [0, 0.1) is 0 Å². The van der Waals surface area contributed by atoms with Crippen molar-refractivity contribution >= 4 is 12.1 Å². The van der Waals surface area contributed by atoms with Gasteiger partial charge in [0.25, 0.3) is 0 Å². The summed E-state index contributed by atoms with van der Waals surface area (Å²) >= 11 is 0. The van der Waals surface area contributed by atoms with Gasteiger partial charge in [-0.25, -0.2) is 4.79 Å². The fraction of sp³-hybridized carbons (Fsp3) is 0.846. The molecule has 0 aromatic carbocycles. The second kappa shape index (κ2) is 8.61. The lowest BCUT2D eigenvalue weighted by Crippen LogP contribution is -2.47. The first-order valence-corrected chi connectivity index (χ1v) is 6.70. The summed E-state index contributed by atoms with van der Waals surface area (Å²) in [6, 6.07) is 0.0185. The van der Waals surface area contributed by atoms with Gasteiger partial charge in [-0.15, -0.1) is 0 Å². The lowest BCUT2D eigenvalue weighted by Gasteiger charge is -2.24. The van der Waals surface area contributed by atoms with Crippen molar-refractivity contribution < 1.29 is 9.53 Å². The lowest BCUT2D eigenvalue weighted by molar-refractivity contribution is 0.0502. The first kappa shape index (κ1) is 17.5. The van der Waals surface area contributed by atoms with Crippen LogP contribution in [-0.2, 0) is 4.74 Å². The molecular formula is C13H28N4O2. The van der Waals surface area contributed by atoms with E-state index in [-0.39, 0.29) is 12.1 Å². The van der Waals surface area contributed by atoms with Crippen LogP contribution in [0.25, 0.3) is 0 Å². The first-order chi connectivity index (χ1) is 8.82. The van der Waals surface area contributed by atoms with E-state index in [0.29, 0.717) is 12.5 Å². The van der Waals surface area contributed by atoms with Gasteiger partial charge in [0, 0.05) is 26.7 Å². The molecule has 0 radical (unpaired) electrons. The van der Waals surface area contributed by atoms with Crippen LogP contribution in [0.15, 0.2) is 4.99 Å². The number of ether oxygens (including phenoxy) is 1. The van der Waals surface area contributed by atoms with Crippen LogP contribution in [0.5, 0.6) is 0 Å². The molecule has 0 spiro atoms. The molecule has 0 saturated carbocycles. The summed E-state index contributed by atoms with van der Waals surface area (Å²) < 4.78 is 5.25. The highest BCUT2D eigenvalue weighted by atomic mass is 16.6. The highest BCUT2D eigenvalue weighted by Gasteiger charge is 2.19. The molecule has 0 rings (SSSR count). The summed E-state index contributed by atoms with van der Waals surface area (Å²) in [5, 5.41) is 8.95. The molecule has 3 N–H and O–H groups in total. The fourth-order valence-electron chi connectivity index (χ4n) is 1.55. The molecule has 0 aliphatic carbocycles. The van der Waals surface area contributed by atoms with Crippen molar-refractivity contribution in [2.24, 2.45) is 4.99 Å². The Morgan fingerprint density at radius 3 is 2.42 bits per heavy atom. The maximum atomic E-state index is 11.7. The molecule has 0 saturated heterocycles. The predicted octanol–water partition coefficient (Wildman–Crippen LogP) is 1.47. The Hall–Kier alpha value is -1.46. The minimum absolute atomic E-state index is 0.0185. The van der Waals surface area contributed by atoms with E-state index >= 15 is 0 Å². The maximum Gasteiger partial charge on any atom is 0.407 e. The Bertz CT molecular complexity index is 298.